The zero-order valence-electron chi connectivity index (χ0n) is 10.8. The van der Waals surface area contributed by atoms with Crippen LogP contribution in [-0.4, -0.2) is 12.1 Å². The fourth-order valence-corrected chi connectivity index (χ4v) is 2.19. The molecular weight excluding hydrogens is 275 g/mol. The van der Waals surface area contributed by atoms with E-state index in [4.69, 9.17) is 22.7 Å². The number of hydrogen-bond donors (Lipinski definition) is 1. The molecule has 1 atom stereocenters. The summed E-state index contributed by atoms with van der Waals surface area (Å²) in [5, 5.41) is 0. The van der Waals surface area contributed by atoms with Crippen molar-refractivity contribution in [2.75, 3.05) is 7.11 Å². The number of nitrogens with two attached hydrogens (primary N) is 1. The Morgan fingerprint density at radius 2 is 2.05 bits per heavy atom. The minimum Gasteiger partial charge on any atom is -0.496 e. The molecule has 0 amide bonds. The normalized spacial score (nSPS) is 13.1. The highest BCUT2D eigenvalue weighted by molar-refractivity contribution is 7.80. The van der Waals surface area contributed by atoms with Crippen molar-refractivity contribution in [3.05, 3.63) is 29.3 Å². The van der Waals surface area contributed by atoms with Gasteiger partial charge < -0.3 is 10.5 Å². The van der Waals surface area contributed by atoms with Crippen LogP contribution in [0, 0.1) is 5.92 Å². The first kappa shape index (κ1) is 15.8. The Kier molecular flexibility index (Phi) is 5.17. The average Bonchev–Trinajstić information content (AvgIpc) is 2.26. The molecule has 0 spiro atoms. The van der Waals surface area contributed by atoms with E-state index in [9.17, 15) is 13.2 Å². The molecule has 1 unspecified atom stereocenters. The highest BCUT2D eigenvalue weighted by Gasteiger charge is 2.31. The second-order valence-corrected chi connectivity index (χ2v) is 5.03. The summed E-state index contributed by atoms with van der Waals surface area (Å²) in [6.45, 7) is 1.89. The lowest BCUT2D eigenvalue weighted by molar-refractivity contribution is -0.137. The summed E-state index contributed by atoms with van der Waals surface area (Å²) in [5.41, 5.74) is 5.28. The average molecular weight is 291 g/mol. The van der Waals surface area contributed by atoms with E-state index in [0.29, 0.717) is 29.1 Å². The molecule has 1 aromatic rings. The van der Waals surface area contributed by atoms with Crippen LogP contribution in [-0.2, 0) is 12.6 Å². The summed E-state index contributed by atoms with van der Waals surface area (Å²) < 4.78 is 43.1. The number of benzene rings is 1. The SMILES string of the molecule is COc1ccc(C(F)(F)F)cc1CC(C)CC(N)=S. The molecule has 0 heterocycles. The molecule has 0 saturated carbocycles. The number of thiocarbonyl (C=S) groups is 1. The van der Waals surface area contributed by atoms with Crippen LogP contribution in [0.15, 0.2) is 18.2 Å². The number of ether oxygens (including phenoxy) is 1. The van der Waals surface area contributed by atoms with E-state index in [2.05, 4.69) is 0 Å². The van der Waals surface area contributed by atoms with Crippen molar-refractivity contribution in [1.29, 1.82) is 0 Å². The van der Waals surface area contributed by atoms with Crippen LogP contribution in [0.4, 0.5) is 13.2 Å². The maximum absolute atomic E-state index is 12.7. The number of halogens is 3. The molecular formula is C13H16F3NOS. The molecule has 0 aliphatic carbocycles. The third-order valence-corrected chi connectivity index (χ3v) is 2.89. The zero-order valence-corrected chi connectivity index (χ0v) is 11.6. The van der Waals surface area contributed by atoms with Crippen molar-refractivity contribution >= 4 is 17.2 Å². The molecule has 0 aliphatic heterocycles. The largest absolute Gasteiger partial charge is 0.496 e. The third-order valence-electron chi connectivity index (χ3n) is 2.73. The van der Waals surface area contributed by atoms with Gasteiger partial charge in [-0.25, -0.2) is 0 Å². The Labute approximate surface area is 115 Å². The fraction of sp³-hybridized carbons (Fsp3) is 0.462. The second kappa shape index (κ2) is 6.23. The van der Waals surface area contributed by atoms with Crippen molar-refractivity contribution < 1.29 is 17.9 Å². The van der Waals surface area contributed by atoms with Gasteiger partial charge in [-0.2, -0.15) is 13.2 Å². The zero-order chi connectivity index (χ0) is 14.6. The minimum atomic E-state index is -4.35. The van der Waals surface area contributed by atoms with Crippen molar-refractivity contribution in [3.8, 4) is 5.75 Å². The summed E-state index contributed by atoms with van der Waals surface area (Å²) in [6, 6.07) is 3.47. The van der Waals surface area contributed by atoms with Crippen LogP contribution in [0.2, 0.25) is 0 Å². The Bertz CT molecular complexity index is 460. The van der Waals surface area contributed by atoms with Gasteiger partial charge in [0.25, 0.3) is 0 Å². The van der Waals surface area contributed by atoms with E-state index in [1.165, 1.54) is 13.2 Å². The molecule has 0 aromatic heterocycles. The molecule has 0 aliphatic rings. The van der Waals surface area contributed by atoms with Crippen molar-refractivity contribution in [1.82, 2.24) is 0 Å². The standard InChI is InChI=1S/C13H16F3NOS/c1-8(6-12(17)19)5-9-7-10(13(14,15)16)3-4-11(9)18-2/h3-4,7-8H,5-6H2,1-2H3,(H2,17,19). The molecule has 2 nitrogen and oxygen atoms in total. The Morgan fingerprint density at radius 1 is 1.42 bits per heavy atom. The summed E-state index contributed by atoms with van der Waals surface area (Å²) in [4.78, 5) is 0.360. The monoisotopic (exact) mass is 291 g/mol. The molecule has 0 fully saturated rings. The smallest absolute Gasteiger partial charge is 0.416 e. The van der Waals surface area contributed by atoms with Crippen molar-refractivity contribution in [2.24, 2.45) is 11.7 Å². The second-order valence-electron chi connectivity index (χ2n) is 4.50. The predicted octanol–water partition coefficient (Wildman–Crippen LogP) is 3.57. The number of rotatable bonds is 5. The maximum Gasteiger partial charge on any atom is 0.416 e. The summed E-state index contributed by atoms with van der Waals surface area (Å²) in [7, 11) is 1.43. The van der Waals surface area contributed by atoms with Gasteiger partial charge in [0, 0.05) is 6.42 Å². The molecule has 6 heteroatoms. The first-order chi connectivity index (χ1) is 8.74. The fourth-order valence-electron chi connectivity index (χ4n) is 1.91. The van der Waals surface area contributed by atoms with Gasteiger partial charge in [-0.1, -0.05) is 19.1 Å². The van der Waals surface area contributed by atoms with Crippen molar-refractivity contribution in [3.63, 3.8) is 0 Å². The molecule has 106 valence electrons. The number of alkyl halides is 3. The van der Waals surface area contributed by atoms with Gasteiger partial charge in [-0.15, -0.1) is 0 Å². The Hall–Kier alpha value is -1.30. The first-order valence-electron chi connectivity index (χ1n) is 5.76. The van der Waals surface area contributed by atoms with E-state index in [1.807, 2.05) is 6.92 Å². The van der Waals surface area contributed by atoms with Gasteiger partial charge in [0.2, 0.25) is 0 Å². The van der Waals surface area contributed by atoms with Gasteiger partial charge in [0.15, 0.2) is 0 Å². The quantitative estimate of drug-likeness (QED) is 0.842. The van der Waals surface area contributed by atoms with E-state index >= 15 is 0 Å². The van der Waals surface area contributed by atoms with Gasteiger partial charge in [0.1, 0.15) is 5.75 Å². The molecule has 1 aromatic carbocycles. The number of methoxy groups -OCH3 is 1. The molecule has 19 heavy (non-hydrogen) atoms. The highest BCUT2D eigenvalue weighted by Crippen LogP contribution is 2.33. The molecule has 0 saturated heterocycles. The highest BCUT2D eigenvalue weighted by atomic mass is 32.1. The summed E-state index contributed by atoms with van der Waals surface area (Å²) in [6.07, 6.45) is -3.42. The third kappa shape index (κ3) is 4.70. The minimum absolute atomic E-state index is 0.0647. The summed E-state index contributed by atoms with van der Waals surface area (Å²) in [5.74, 6) is 0.512. The molecule has 1 rings (SSSR count). The van der Waals surface area contributed by atoms with Gasteiger partial charge in [-0.05, 0) is 36.1 Å². The van der Waals surface area contributed by atoms with Crippen LogP contribution in [0.5, 0.6) is 5.75 Å². The molecule has 0 bridgehead atoms. The van der Waals surface area contributed by atoms with Gasteiger partial charge in [-0.3, -0.25) is 0 Å². The van der Waals surface area contributed by atoms with Crippen LogP contribution in [0.3, 0.4) is 0 Å². The van der Waals surface area contributed by atoms with Crippen LogP contribution in [0.25, 0.3) is 0 Å². The van der Waals surface area contributed by atoms with Crippen LogP contribution >= 0.6 is 12.2 Å². The van der Waals surface area contributed by atoms with E-state index < -0.39 is 11.7 Å². The maximum atomic E-state index is 12.7. The lowest BCUT2D eigenvalue weighted by atomic mass is 9.96. The predicted molar refractivity (Wildman–Crippen MR) is 72.3 cm³/mol. The Morgan fingerprint density at radius 3 is 2.53 bits per heavy atom. The van der Waals surface area contributed by atoms with Gasteiger partial charge in [0.05, 0.1) is 17.7 Å². The van der Waals surface area contributed by atoms with Crippen LogP contribution < -0.4 is 10.5 Å². The van der Waals surface area contributed by atoms with Gasteiger partial charge >= 0.3 is 6.18 Å². The van der Waals surface area contributed by atoms with E-state index in [0.717, 1.165) is 12.1 Å². The number of hydrogen-bond acceptors (Lipinski definition) is 2. The lowest BCUT2D eigenvalue weighted by Gasteiger charge is -2.16. The lowest BCUT2D eigenvalue weighted by Crippen LogP contribution is -2.14. The van der Waals surface area contributed by atoms with E-state index in [-0.39, 0.29) is 5.92 Å². The van der Waals surface area contributed by atoms with Crippen LogP contribution in [0.1, 0.15) is 24.5 Å². The molecule has 2 N–H and O–H groups in total. The van der Waals surface area contributed by atoms with Crippen molar-refractivity contribution in [2.45, 2.75) is 25.9 Å². The first-order valence-corrected chi connectivity index (χ1v) is 6.17. The topological polar surface area (TPSA) is 35.2 Å². The molecule has 0 radical (unpaired) electrons. The summed E-state index contributed by atoms with van der Waals surface area (Å²) >= 11 is 4.80. The Balaban J connectivity index is 2.99. The van der Waals surface area contributed by atoms with E-state index in [1.54, 1.807) is 0 Å².